The van der Waals surface area contributed by atoms with Crippen molar-refractivity contribution < 1.29 is 32.2 Å². The van der Waals surface area contributed by atoms with Crippen molar-refractivity contribution in [2.24, 2.45) is 0 Å². The molecule has 37 heavy (non-hydrogen) atoms. The van der Waals surface area contributed by atoms with E-state index in [2.05, 4.69) is 10.00 Å². The molecule has 3 heterocycles. The first-order valence-electron chi connectivity index (χ1n) is 12.8. The van der Waals surface area contributed by atoms with Crippen LogP contribution in [-0.2, 0) is 28.8 Å². The van der Waals surface area contributed by atoms with Crippen molar-refractivity contribution in [2.75, 3.05) is 46.1 Å². The fraction of sp³-hybridized carbons (Fsp3) is 0.615. The minimum Gasteiger partial charge on any atom is -0.490 e. The molecule has 0 spiro atoms. The van der Waals surface area contributed by atoms with Gasteiger partial charge in [-0.15, -0.1) is 0 Å². The van der Waals surface area contributed by atoms with Crippen LogP contribution in [0.2, 0.25) is 0 Å². The van der Waals surface area contributed by atoms with Crippen LogP contribution in [0.4, 0.5) is 13.2 Å². The molecule has 1 amide bonds. The Balaban J connectivity index is 1.47. The zero-order valence-electron chi connectivity index (χ0n) is 21.4. The van der Waals surface area contributed by atoms with Crippen LogP contribution in [0.15, 0.2) is 24.3 Å². The number of fused-ring (bicyclic) bond motifs is 2. The number of hydrogen-bond donors (Lipinski definition) is 0. The number of aryl methyl sites for hydroxylation is 2. The van der Waals surface area contributed by atoms with E-state index in [9.17, 15) is 18.0 Å². The summed E-state index contributed by atoms with van der Waals surface area (Å²) in [5, 5.41) is 3.65. The third kappa shape index (κ3) is 6.95. The average molecular weight is 525 g/mol. The molecule has 0 N–H and O–H groups in total. The van der Waals surface area contributed by atoms with Gasteiger partial charge in [-0.05, 0) is 45.4 Å². The van der Waals surface area contributed by atoms with E-state index in [0.29, 0.717) is 57.5 Å². The highest BCUT2D eigenvalue weighted by atomic mass is 19.4. The summed E-state index contributed by atoms with van der Waals surface area (Å²) in [5.74, 6) is 1.33. The Kier molecular flexibility index (Phi) is 8.96. The number of amides is 1. The Morgan fingerprint density at radius 2 is 2.05 bits per heavy atom. The van der Waals surface area contributed by atoms with Gasteiger partial charge in [-0.25, -0.2) is 0 Å². The van der Waals surface area contributed by atoms with Crippen LogP contribution in [-0.4, -0.2) is 77.6 Å². The Hall–Kier alpha value is -2.79. The van der Waals surface area contributed by atoms with Gasteiger partial charge in [-0.3, -0.25) is 14.4 Å². The summed E-state index contributed by atoms with van der Waals surface area (Å²) in [4.78, 5) is 17.4. The number of para-hydroxylation sites is 1. The first-order valence-corrected chi connectivity index (χ1v) is 12.8. The maximum atomic E-state index is 13.2. The minimum absolute atomic E-state index is 0.0657. The largest absolute Gasteiger partial charge is 0.490 e. The maximum Gasteiger partial charge on any atom is 0.435 e. The molecule has 1 atom stereocenters. The summed E-state index contributed by atoms with van der Waals surface area (Å²) in [5.41, 5.74) is 0.467. The highest BCUT2D eigenvalue weighted by Gasteiger charge is 2.34. The molecule has 8 nitrogen and oxygen atoms in total. The van der Waals surface area contributed by atoms with Crippen molar-refractivity contribution >= 4 is 5.91 Å². The monoisotopic (exact) mass is 524 g/mol. The fourth-order valence-electron chi connectivity index (χ4n) is 4.93. The third-order valence-corrected chi connectivity index (χ3v) is 6.81. The van der Waals surface area contributed by atoms with Gasteiger partial charge in [0, 0.05) is 49.9 Å². The molecule has 11 heteroatoms. The number of rotatable bonds is 5. The van der Waals surface area contributed by atoms with Crippen molar-refractivity contribution in [1.29, 1.82) is 0 Å². The zero-order chi connectivity index (χ0) is 26.4. The third-order valence-electron chi connectivity index (χ3n) is 6.81. The molecule has 0 saturated carbocycles. The highest BCUT2D eigenvalue weighted by molar-refractivity contribution is 5.76. The number of halogens is 3. The molecule has 2 aromatic rings. The Morgan fingerprint density at radius 3 is 2.81 bits per heavy atom. The van der Waals surface area contributed by atoms with Crippen LogP contribution in [0.1, 0.15) is 43.1 Å². The molecule has 1 fully saturated rings. The summed E-state index contributed by atoms with van der Waals surface area (Å²) in [6.07, 6.45) is -2.46. The number of hydrogen-bond acceptors (Lipinski definition) is 6. The van der Waals surface area contributed by atoms with Gasteiger partial charge in [-0.2, -0.15) is 18.3 Å². The van der Waals surface area contributed by atoms with Crippen molar-refractivity contribution in [2.45, 2.75) is 58.4 Å². The van der Waals surface area contributed by atoms with Crippen LogP contribution in [0.5, 0.6) is 11.5 Å². The maximum absolute atomic E-state index is 13.2. The SMILES string of the molecule is CCOc1cccc2c1OCCOCCN(C(=O)CCn1nc(C(F)(F)F)cc1C)C[C@@H]1CCCN1C2. The molecule has 0 unspecified atom stereocenters. The van der Waals surface area contributed by atoms with E-state index in [1.165, 1.54) is 4.68 Å². The quantitative estimate of drug-likeness (QED) is 0.591. The highest BCUT2D eigenvalue weighted by Crippen LogP contribution is 2.34. The molecule has 4 rings (SSSR count). The molecule has 1 aromatic carbocycles. The molecule has 1 aromatic heterocycles. The lowest BCUT2D eigenvalue weighted by Crippen LogP contribution is -2.44. The number of nitrogens with zero attached hydrogens (tertiary/aromatic N) is 4. The first kappa shape index (κ1) is 27.3. The van der Waals surface area contributed by atoms with E-state index in [1.807, 2.05) is 25.1 Å². The van der Waals surface area contributed by atoms with Crippen molar-refractivity contribution in [3.63, 3.8) is 0 Å². The van der Waals surface area contributed by atoms with Crippen molar-refractivity contribution in [3.05, 3.63) is 41.2 Å². The summed E-state index contributed by atoms with van der Waals surface area (Å²) in [6, 6.07) is 7.08. The summed E-state index contributed by atoms with van der Waals surface area (Å²) >= 11 is 0. The second kappa shape index (κ2) is 12.2. The number of aromatic nitrogens is 2. The lowest BCUT2D eigenvalue weighted by molar-refractivity contribution is -0.141. The minimum atomic E-state index is -4.51. The van der Waals surface area contributed by atoms with Gasteiger partial charge in [0.1, 0.15) is 6.61 Å². The van der Waals surface area contributed by atoms with Crippen LogP contribution in [0.25, 0.3) is 0 Å². The van der Waals surface area contributed by atoms with Crippen LogP contribution in [0, 0.1) is 6.92 Å². The molecule has 2 aliphatic rings. The second-order valence-electron chi connectivity index (χ2n) is 9.39. The van der Waals surface area contributed by atoms with Crippen molar-refractivity contribution in [3.8, 4) is 11.5 Å². The topological polar surface area (TPSA) is 69.1 Å². The van der Waals surface area contributed by atoms with E-state index in [4.69, 9.17) is 14.2 Å². The van der Waals surface area contributed by atoms with E-state index in [1.54, 1.807) is 11.8 Å². The van der Waals surface area contributed by atoms with E-state index in [0.717, 1.165) is 36.8 Å². The van der Waals surface area contributed by atoms with Gasteiger partial charge in [-0.1, -0.05) is 12.1 Å². The van der Waals surface area contributed by atoms with Gasteiger partial charge in [0.2, 0.25) is 5.91 Å². The number of benzene rings is 1. The predicted octanol–water partition coefficient (Wildman–Crippen LogP) is 3.90. The van der Waals surface area contributed by atoms with Gasteiger partial charge >= 0.3 is 6.18 Å². The van der Waals surface area contributed by atoms with Crippen LogP contribution >= 0.6 is 0 Å². The van der Waals surface area contributed by atoms with Gasteiger partial charge in [0.15, 0.2) is 17.2 Å². The average Bonchev–Trinajstić information content (AvgIpc) is 3.45. The van der Waals surface area contributed by atoms with E-state index >= 15 is 0 Å². The molecule has 0 aliphatic carbocycles. The second-order valence-corrected chi connectivity index (χ2v) is 9.39. The molecular formula is C26H35F3N4O4. The molecular weight excluding hydrogens is 489 g/mol. The smallest absolute Gasteiger partial charge is 0.435 e. The molecule has 1 saturated heterocycles. The fourth-order valence-corrected chi connectivity index (χ4v) is 4.93. The zero-order valence-corrected chi connectivity index (χ0v) is 21.4. The lowest BCUT2D eigenvalue weighted by atomic mass is 10.1. The first-order chi connectivity index (χ1) is 17.8. The molecule has 0 radical (unpaired) electrons. The van der Waals surface area contributed by atoms with Crippen molar-refractivity contribution in [1.82, 2.24) is 19.6 Å². The molecule has 204 valence electrons. The van der Waals surface area contributed by atoms with Crippen LogP contribution in [0.3, 0.4) is 0 Å². The predicted molar refractivity (Wildman–Crippen MR) is 131 cm³/mol. The van der Waals surface area contributed by atoms with Gasteiger partial charge in [0.25, 0.3) is 0 Å². The van der Waals surface area contributed by atoms with Gasteiger partial charge < -0.3 is 19.1 Å². The Bertz CT molecular complexity index is 1060. The lowest BCUT2D eigenvalue weighted by Gasteiger charge is -2.31. The molecule has 0 bridgehead atoms. The summed E-state index contributed by atoms with van der Waals surface area (Å²) in [6.45, 7) is 7.73. The standard InChI is InChI=1S/C26H35F3N4O4/c1-3-36-22-8-4-6-20-17-31-10-5-7-21(31)18-32(12-13-35-14-15-37-25(20)22)24(34)9-11-33-19(2)16-23(30-33)26(27,28)29/h4,6,8,16,21H,3,5,7,9-15,17-18H2,1-2H3/t21-/m0/s1. The van der Waals surface area contributed by atoms with E-state index in [-0.39, 0.29) is 24.9 Å². The Morgan fingerprint density at radius 1 is 1.22 bits per heavy atom. The van der Waals surface area contributed by atoms with E-state index < -0.39 is 11.9 Å². The Labute approximate surface area is 215 Å². The normalized spacial score (nSPS) is 19.7. The number of carbonyl (C=O) groups is 1. The van der Waals surface area contributed by atoms with Crippen LogP contribution < -0.4 is 9.47 Å². The number of ether oxygens (including phenoxy) is 3. The number of carbonyl (C=O) groups excluding carboxylic acids is 1. The van der Waals surface area contributed by atoms with Gasteiger partial charge in [0.05, 0.1) is 19.8 Å². The molecule has 2 aliphatic heterocycles. The summed E-state index contributed by atoms with van der Waals surface area (Å²) in [7, 11) is 0. The number of alkyl halides is 3. The summed E-state index contributed by atoms with van der Waals surface area (Å²) < 4.78 is 57.9.